The summed E-state index contributed by atoms with van der Waals surface area (Å²) in [6.45, 7) is 9.91. The van der Waals surface area contributed by atoms with E-state index in [2.05, 4.69) is 35.4 Å². The Kier molecular flexibility index (Phi) is 12.0. The molecule has 1 aliphatic heterocycles. The van der Waals surface area contributed by atoms with E-state index in [-0.39, 0.29) is 35.8 Å². The molecule has 7 nitrogen and oxygen atoms in total. The largest absolute Gasteiger partial charge is 0.489 e. The van der Waals surface area contributed by atoms with Gasteiger partial charge in [-0.25, -0.2) is 13.4 Å². The molecule has 0 amide bonds. The molecular formula is C21H37IN4O3S. The number of aliphatic imine (C=N–C) groups is 1. The summed E-state index contributed by atoms with van der Waals surface area (Å²) < 4.78 is 28.6. The first-order chi connectivity index (χ1) is 13.7. The maximum Gasteiger partial charge on any atom is 0.191 e. The van der Waals surface area contributed by atoms with Crippen molar-refractivity contribution < 1.29 is 13.2 Å². The van der Waals surface area contributed by atoms with Gasteiger partial charge in [0.2, 0.25) is 0 Å². The highest BCUT2D eigenvalue weighted by atomic mass is 127. The number of rotatable bonds is 9. The van der Waals surface area contributed by atoms with Crippen molar-refractivity contribution in [1.29, 1.82) is 0 Å². The van der Waals surface area contributed by atoms with Gasteiger partial charge in [-0.2, -0.15) is 0 Å². The van der Waals surface area contributed by atoms with Crippen molar-refractivity contribution in [1.82, 2.24) is 15.5 Å². The maximum atomic E-state index is 11.3. The second-order valence-corrected chi connectivity index (χ2v) is 10.1. The molecule has 0 aliphatic carbocycles. The zero-order valence-corrected chi connectivity index (χ0v) is 21.7. The number of ether oxygens (including phenoxy) is 1. The van der Waals surface area contributed by atoms with Crippen LogP contribution in [0.2, 0.25) is 0 Å². The molecule has 2 N–H and O–H groups in total. The minimum absolute atomic E-state index is 0. The van der Waals surface area contributed by atoms with Crippen LogP contribution in [0.25, 0.3) is 0 Å². The van der Waals surface area contributed by atoms with Crippen LogP contribution in [0.15, 0.2) is 29.3 Å². The summed E-state index contributed by atoms with van der Waals surface area (Å²) in [5, 5.41) is 6.82. The lowest BCUT2D eigenvalue weighted by Gasteiger charge is -2.33. The number of nitrogens with zero attached hydrogens (tertiary/aromatic N) is 2. The summed E-state index contributed by atoms with van der Waals surface area (Å²) in [4.78, 5) is 6.91. The van der Waals surface area contributed by atoms with E-state index >= 15 is 0 Å². The molecule has 30 heavy (non-hydrogen) atoms. The summed E-state index contributed by atoms with van der Waals surface area (Å²) in [6, 6.07) is 8.38. The highest BCUT2D eigenvalue weighted by molar-refractivity contribution is 14.0. The number of halogens is 1. The first-order valence-corrected chi connectivity index (χ1v) is 12.5. The van der Waals surface area contributed by atoms with Crippen LogP contribution >= 0.6 is 24.0 Å². The predicted octanol–water partition coefficient (Wildman–Crippen LogP) is 2.44. The van der Waals surface area contributed by atoms with Crippen molar-refractivity contribution in [2.45, 2.75) is 45.8 Å². The topological polar surface area (TPSA) is 83.0 Å². The number of nitrogens with one attached hydrogen (secondary N) is 2. The molecule has 1 aromatic carbocycles. The predicted molar refractivity (Wildman–Crippen MR) is 135 cm³/mol. The lowest BCUT2D eigenvalue weighted by Crippen LogP contribution is -2.49. The SMILES string of the molecule is CCNC(=NCC(C)Oc1cccc(C)c1)NC1CCN(CCS(C)(=O)=O)CC1.I. The van der Waals surface area contributed by atoms with Gasteiger partial charge in [-0.15, -0.1) is 24.0 Å². The van der Waals surface area contributed by atoms with Gasteiger partial charge in [0, 0.05) is 38.5 Å². The van der Waals surface area contributed by atoms with Crippen molar-refractivity contribution in [2.75, 3.05) is 44.7 Å². The summed E-state index contributed by atoms with van der Waals surface area (Å²) >= 11 is 0. The zero-order valence-electron chi connectivity index (χ0n) is 18.6. The molecule has 0 saturated carbocycles. The lowest BCUT2D eigenvalue weighted by molar-refractivity contribution is 0.215. The Bertz CT molecular complexity index is 765. The van der Waals surface area contributed by atoms with E-state index in [1.165, 1.54) is 11.8 Å². The van der Waals surface area contributed by atoms with Crippen LogP contribution in [-0.2, 0) is 9.84 Å². The molecule has 1 aromatic rings. The number of guanidine groups is 1. The van der Waals surface area contributed by atoms with Crippen LogP contribution in [0, 0.1) is 6.92 Å². The van der Waals surface area contributed by atoms with Gasteiger partial charge < -0.3 is 20.3 Å². The molecule has 1 atom stereocenters. The third-order valence-electron chi connectivity index (χ3n) is 4.88. The molecule has 0 bridgehead atoms. The molecule has 172 valence electrons. The molecule has 1 unspecified atom stereocenters. The summed E-state index contributed by atoms with van der Waals surface area (Å²) in [5.74, 6) is 1.91. The van der Waals surface area contributed by atoms with E-state index in [1.54, 1.807) is 0 Å². The van der Waals surface area contributed by atoms with Gasteiger partial charge in [-0.3, -0.25) is 0 Å². The highest BCUT2D eigenvalue weighted by Crippen LogP contribution is 2.14. The highest BCUT2D eigenvalue weighted by Gasteiger charge is 2.20. The maximum absolute atomic E-state index is 11.3. The number of sulfone groups is 1. The Hall–Kier alpha value is -1.07. The summed E-state index contributed by atoms with van der Waals surface area (Å²) in [6.07, 6.45) is 3.22. The molecule has 0 spiro atoms. The van der Waals surface area contributed by atoms with Gasteiger partial charge in [-0.1, -0.05) is 12.1 Å². The normalized spacial score (nSPS) is 17.1. The molecule has 1 fully saturated rings. The van der Waals surface area contributed by atoms with Crippen LogP contribution in [0.4, 0.5) is 0 Å². The van der Waals surface area contributed by atoms with Gasteiger partial charge in [-0.05, 0) is 51.3 Å². The first kappa shape index (κ1) is 27.0. The molecular weight excluding hydrogens is 515 g/mol. The number of hydrogen-bond donors (Lipinski definition) is 2. The molecule has 1 aliphatic rings. The quantitative estimate of drug-likeness (QED) is 0.278. The number of hydrogen-bond acceptors (Lipinski definition) is 5. The van der Waals surface area contributed by atoms with Crippen LogP contribution in [0.5, 0.6) is 5.75 Å². The summed E-state index contributed by atoms with van der Waals surface area (Å²) in [5.41, 5.74) is 1.18. The van der Waals surface area contributed by atoms with Gasteiger partial charge in [0.15, 0.2) is 5.96 Å². The van der Waals surface area contributed by atoms with Crippen molar-refractivity contribution >= 4 is 39.8 Å². The average Bonchev–Trinajstić information content (AvgIpc) is 2.65. The average molecular weight is 553 g/mol. The van der Waals surface area contributed by atoms with E-state index in [0.717, 1.165) is 44.2 Å². The van der Waals surface area contributed by atoms with E-state index in [9.17, 15) is 8.42 Å². The molecule has 9 heteroatoms. The van der Waals surface area contributed by atoms with Crippen LogP contribution in [-0.4, -0.2) is 76.2 Å². The minimum Gasteiger partial charge on any atom is -0.489 e. The molecule has 2 rings (SSSR count). The third-order valence-corrected chi connectivity index (χ3v) is 5.81. The number of likely N-dealkylation sites (tertiary alicyclic amines) is 1. The van der Waals surface area contributed by atoms with Gasteiger partial charge >= 0.3 is 0 Å². The van der Waals surface area contributed by atoms with Gasteiger partial charge in [0.1, 0.15) is 21.7 Å². The molecule has 0 aromatic heterocycles. The monoisotopic (exact) mass is 552 g/mol. The van der Waals surface area contributed by atoms with Crippen molar-refractivity contribution in [3.8, 4) is 5.75 Å². The van der Waals surface area contributed by atoms with Crippen molar-refractivity contribution in [3.63, 3.8) is 0 Å². The van der Waals surface area contributed by atoms with E-state index in [4.69, 9.17) is 9.73 Å². The Morgan fingerprint density at radius 2 is 2.03 bits per heavy atom. The van der Waals surface area contributed by atoms with Crippen LogP contribution in [0.3, 0.4) is 0 Å². The third kappa shape index (κ3) is 10.8. The zero-order chi connectivity index (χ0) is 21.3. The van der Waals surface area contributed by atoms with E-state index in [0.29, 0.717) is 19.1 Å². The van der Waals surface area contributed by atoms with Crippen LogP contribution < -0.4 is 15.4 Å². The summed E-state index contributed by atoms with van der Waals surface area (Å²) in [7, 11) is -2.90. The Labute approximate surface area is 199 Å². The van der Waals surface area contributed by atoms with E-state index < -0.39 is 9.84 Å². The van der Waals surface area contributed by atoms with Crippen LogP contribution in [0.1, 0.15) is 32.3 Å². The van der Waals surface area contributed by atoms with Gasteiger partial charge in [0.05, 0.1) is 12.3 Å². The lowest BCUT2D eigenvalue weighted by atomic mass is 10.1. The fourth-order valence-corrected chi connectivity index (χ4v) is 3.88. The number of aryl methyl sites for hydroxylation is 1. The second kappa shape index (κ2) is 13.4. The standard InChI is InChI=1S/C21H36N4O3S.HI/c1-5-22-21(23-16-18(3)28-20-8-6-7-17(2)15-20)24-19-9-11-25(12-10-19)13-14-29(4,26)27;/h6-8,15,18-19H,5,9-14,16H2,1-4H3,(H2,22,23,24);1H. The van der Waals surface area contributed by atoms with E-state index in [1.807, 2.05) is 25.1 Å². The van der Waals surface area contributed by atoms with Crippen molar-refractivity contribution in [2.24, 2.45) is 4.99 Å². The Morgan fingerprint density at radius 3 is 2.63 bits per heavy atom. The smallest absolute Gasteiger partial charge is 0.191 e. The second-order valence-electron chi connectivity index (χ2n) is 7.85. The van der Waals surface area contributed by atoms with Gasteiger partial charge in [0.25, 0.3) is 0 Å². The fourth-order valence-electron chi connectivity index (χ4n) is 3.29. The van der Waals surface area contributed by atoms with Crippen molar-refractivity contribution in [3.05, 3.63) is 29.8 Å². The number of piperidine rings is 1. The molecule has 1 heterocycles. The molecule has 1 saturated heterocycles. The first-order valence-electron chi connectivity index (χ1n) is 10.4. The molecule has 0 radical (unpaired) electrons. The fraction of sp³-hybridized carbons (Fsp3) is 0.667. The Balaban J connectivity index is 0.00000450. The minimum atomic E-state index is -2.90. The number of benzene rings is 1. The Morgan fingerprint density at radius 1 is 1.33 bits per heavy atom.